The smallest absolute Gasteiger partial charge is 0.201 e. The fraction of sp³-hybridized carbons (Fsp3) is 0.0556. The zero-order valence-electron chi connectivity index (χ0n) is 13.6. The van der Waals surface area contributed by atoms with Crippen LogP contribution in [0.3, 0.4) is 0 Å². The average molecular weight is 382 g/mol. The van der Waals surface area contributed by atoms with Crippen molar-refractivity contribution < 1.29 is 8.42 Å². The van der Waals surface area contributed by atoms with E-state index in [1.54, 1.807) is 36.7 Å². The van der Waals surface area contributed by atoms with E-state index in [1.807, 2.05) is 22.8 Å². The number of hydrogen-bond acceptors (Lipinski definition) is 6. The number of nitrogens with zero attached hydrogens (tertiary/aromatic N) is 4. The fourth-order valence-electron chi connectivity index (χ4n) is 2.74. The van der Waals surface area contributed by atoms with Gasteiger partial charge in [-0.2, -0.15) is 0 Å². The average Bonchev–Trinajstić information content (AvgIpc) is 3.16. The van der Waals surface area contributed by atoms with E-state index in [1.165, 1.54) is 17.2 Å². The Morgan fingerprint density at radius 1 is 1.12 bits per heavy atom. The lowest BCUT2D eigenvalue weighted by atomic mass is 10.2. The molecule has 0 unspecified atom stereocenters. The molecule has 3 aromatic rings. The summed E-state index contributed by atoms with van der Waals surface area (Å²) in [7, 11) is -3.41. The molecule has 3 heterocycles. The molecule has 1 aliphatic rings. The lowest BCUT2D eigenvalue weighted by Gasteiger charge is -2.08. The molecule has 0 spiro atoms. The molecular formula is C18H14N4O2S2. The molecule has 1 aliphatic heterocycles. The van der Waals surface area contributed by atoms with Crippen LogP contribution in [0, 0.1) is 0 Å². The third-order valence-electron chi connectivity index (χ3n) is 3.89. The first-order chi connectivity index (χ1) is 12.6. The first kappa shape index (κ1) is 16.7. The van der Waals surface area contributed by atoms with Gasteiger partial charge >= 0.3 is 0 Å². The number of allylic oxidation sites excluding steroid dienone is 1. The molecule has 4 rings (SSSR count). The zero-order chi connectivity index (χ0) is 18.1. The predicted molar refractivity (Wildman–Crippen MR) is 101 cm³/mol. The number of pyridine rings is 1. The largest absolute Gasteiger partial charge is 0.298 e. The highest BCUT2D eigenvalue weighted by Gasteiger charge is 2.28. The lowest BCUT2D eigenvalue weighted by Crippen LogP contribution is -2.00. The van der Waals surface area contributed by atoms with Gasteiger partial charge in [-0.3, -0.25) is 9.55 Å². The Labute approximate surface area is 155 Å². The normalized spacial score (nSPS) is 14.7. The van der Waals surface area contributed by atoms with E-state index in [0.717, 1.165) is 5.56 Å². The Kier molecular flexibility index (Phi) is 4.21. The molecule has 0 aliphatic carbocycles. The fourth-order valence-corrected chi connectivity index (χ4v) is 5.50. The number of hydrogen-bond donors (Lipinski definition) is 0. The number of thioether (sulfide) groups is 1. The molecule has 0 bridgehead atoms. The third kappa shape index (κ3) is 2.87. The van der Waals surface area contributed by atoms with E-state index in [-0.39, 0.29) is 0 Å². The molecule has 130 valence electrons. The van der Waals surface area contributed by atoms with Crippen LogP contribution < -0.4 is 0 Å². The predicted octanol–water partition coefficient (Wildman–Crippen LogP) is 3.40. The lowest BCUT2D eigenvalue weighted by molar-refractivity contribution is 0.605. The van der Waals surface area contributed by atoms with Gasteiger partial charge in [0.25, 0.3) is 0 Å². The van der Waals surface area contributed by atoms with Gasteiger partial charge in [-0.05, 0) is 30.0 Å². The minimum absolute atomic E-state index is 0.326. The molecule has 0 radical (unpaired) electrons. The number of benzene rings is 1. The van der Waals surface area contributed by atoms with Crippen molar-refractivity contribution in [3.05, 3.63) is 72.4 Å². The van der Waals surface area contributed by atoms with Crippen LogP contribution >= 0.6 is 11.8 Å². The van der Waals surface area contributed by atoms with Crippen LogP contribution in [0.4, 0.5) is 0 Å². The van der Waals surface area contributed by atoms with Gasteiger partial charge in [0.1, 0.15) is 0 Å². The maximum atomic E-state index is 12.3. The number of sulfone groups is 1. The van der Waals surface area contributed by atoms with Crippen molar-refractivity contribution in [2.45, 2.75) is 16.6 Å². The summed E-state index contributed by atoms with van der Waals surface area (Å²) in [5.74, 6) is 0.685. The molecule has 0 N–H and O–H groups in total. The summed E-state index contributed by atoms with van der Waals surface area (Å²) in [5.41, 5.74) is 1.57. The second-order valence-corrected chi connectivity index (χ2v) is 8.34. The highest BCUT2D eigenvalue weighted by Crippen LogP contribution is 2.43. The van der Waals surface area contributed by atoms with Crippen molar-refractivity contribution in [1.29, 1.82) is 0 Å². The van der Waals surface area contributed by atoms with Crippen LogP contribution in [0.1, 0.15) is 5.56 Å². The minimum Gasteiger partial charge on any atom is -0.298 e. The standard InChI is InChI=1S/C18H14N4O2S2/c1-2-11-22-17(13-7-9-19-10-8-13)20-21-18(22)25-15-12-26(23,24)16-6-4-3-5-14(15)16/h2-10,12H,1,11H2. The van der Waals surface area contributed by atoms with Crippen LogP contribution in [0.15, 0.2) is 76.9 Å². The monoisotopic (exact) mass is 382 g/mol. The molecule has 8 heteroatoms. The maximum Gasteiger partial charge on any atom is 0.201 e. The Hall–Kier alpha value is -2.71. The summed E-state index contributed by atoms with van der Waals surface area (Å²) in [4.78, 5) is 4.98. The summed E-state index contributed by atoms with van der Waals surface area (Å²) in [6.07, 6.45) is 5.14. The molecule has 6 nitrogen and oxygen atoms in total. The van der Waals surface area contributed by atoms with Crippen molar-refractivity contribution in [2.24, 2.45) is 0 Å². The Balaban J connectivity index is 1.76. The molecular weight excluding hydrogens is 368 g/mol. The maximum absolute atomic E-state index is 12.3. The van der Waals surface area contributed by atoms with Gasteiger partial charge in [-0.15, -0.1) is 16.8 Å². The van der Waals surface area contributed by atoms with Crippen LogP contribution in [0.5, 0.6) is 0 Å². The van der Waals surface area contributed by atoms with Gasteiger partial charge in [0, 0.05) is 35.0 Å². The molecule has 0 amide bonds. The highest BCUT2D eigenvalue weighted by molar-refractivity contribution is 8.09. The van der Waals surface area contributed by atoms with Crippen molar-refractivity contribution in [1.82, 2.24) is 19.7 Å². The van der Waals surface area contributed by atoms with Crippen LogP contribution in [0.2, 0.25) is 0 Å². The molecule has 1 aromatic carbocycles. The molecule has 2 aromatic heterocycles. The van der Waals surface area contributed by atoms with E-state index < -0.39 is 9.84 Å². The molecule has 0 fully saturated rings. The molecule has 0 saturated carbocycles. The van der Waals surface area contributed by atoms with Crippen LogP contribution in [0.25, 0.3) is 16.3 Å². The van der Waals surface area contributed by atoms with E-state index in [0.29, 0.717) is 32.9 Å². The van der Waals surface area contributed by atoms with Gasteiger partial charge in [0.05, 0.1) is 10.3 Å². The Bertz CT molecular complexity index is 1120. The van der Waals surface area contributed by atoms with Crippen LogP contribution in [-0.2, 0) is 16.4 Å². The number of aromatic nitrogens is 4. The minimum atomic E-state index is -3.41. The van der Waals surface area contributed by atoms with E-state index in [2.05, 4.69) is 21.8 Å². The molecule has 0 atom stereocenters. The second-order valence-electron chi connectivity index (χ2n) is 5.57. The van der Waals surface area contributed by atoms with Crippen molar-refractivity contribution >= 4 is 26.5 Å². The van der Waals surface area contributed by atoms with Crippen molar-refractivity contribution in [3.63, 3.8) is 0 Å². The first-order valence-electron chi connectivity index (χ1n) is 7.78. The summed E-state index contributed by atoms with van der Waals surface area (Å²) < 4.78 is 26.6. The van der Waals surface area contributed by atoms with Crippen LogP contribution in [-0.4, -0.2) is 28.2 Å². The van der Waals surface area contributed by atoms with Gasteiger partial charge in [-0.25, -0.2) is 8.42 Å². The van der Waals surface area contributed by atoms with Gasteiger partial charge in [0.15, 0.2) is 11.0 Å². The number of fused-ring (bicyclic) bond motifs is 1. The first-order valence-corrected chi connectivity index (χ1v) is 10.1. The topological polar surface area (TPSA) is 77.7 Å². The Morgan fingerprint density at radius 2 is 1.88 bits per heavy atom. The van der Waals surface area contributed by atoms with Gasteiger partial charge in [0.2, 0.25) is 9.84 Å². The second kappa shape index (κ2) is 6.54. The SMILES string of the molecule is C=CCn1c(SC2=CS(=O)(=O)c3ccccc32)nnc1-c1ccncc1. The molecule has 0 saturated heterocycles. The van der Waals surface area contributed by atoms with Gasteiger partial charge in [-0.1, -0.05) is 24.3 Å². The number of rotatable bonds is 5. The third-order valence-corrected chi connectivity index (χ3v) is 6.60. The van der Waals surface area contributed by atoms with E-state index in [9.17, 15) is 8.42 Å². The van der Waals surface area contributed by atoms with E-state index in [4.69, 9.17) is 0 Å². The summed E-state index contributed by atoms with van der Waals surface area (Å²) >= 11 is 1.29. The zero-order valence-corrected chi connectivity index (χ0v) is 15.2. The van der Waals surface area contributed by atoms with Crippen molar-refractivity contribution in [2.75, 3.05) is 0 Å². The van der Waals surface area contributed by atoms with Crippen molar-refractivity contribution in [3.8, 4) is 11.4 Å². The quantitative estimate of drug-likeness (QED) is 0.630. The van der Waals surface area contributed by atoms with E-state index >= 15 is 0 Å². The summed E-state index contributed by atoms with van der Waals surface area (Å²) in [6.45, 7) is 4.30. The van der Waals surface area contributed by atoms with Gasteiger partial charge < -0.3 is 0 Å². The summed E-state index contributed by atoms with van der Waals surface area (Å²) in [6, 6.07) is 10.7. The highest BCUT2D eigenvalue weighted by atomic mass is 32.2. The Morgan fingerprint density at radius 3 is 2.65 bits per heavy atom. The molecule has 26 heavy (non-hydrogen) atoms. The summed E-state index contributed by atoms with van der Waals surface area (Å²) in [5, 5.41) is 10.4.